The second-order valence-corrected chi connectivity index (χ2v) is 11.1. The lowest BCUT2D eigenvalue weighted by Crippen LogP contribution is -2.58. The van der Waals surface area contributed by atoms with Crippen LogP contribution in [0.1, 0.15) is 50.3 Å². The van der Waals surface area contributed by atoms with Crippen LogP contribution >= 0.6 is 0 Å². The molecule has 1 fully saturated rings. The first-order chi connectivity index (χ1) is 17.2. The van der Waals surface area contributed by atoms with E-state index in [9.17, 15) is 0 Å². The van der Waals surface area contributed by atoms with Gasteiger partial charge in [-0.2, -0.15) is 5.10 Å². The number of likely N-dealkylation sites (N-methyl/N-ethyl adjacent to an activating group) is 1. The molecule has 0 amide bonds. The summed E-state index contributed by atoms with van der Waals surface area (Å²) in [6, 6.07) is 5.35. The lowest BCUT2D eigenvalue weighted by atomic mass is 9.95. The van der Waals surface area contributed by atoms with Crippen molar-refractivity contribution in [2.24, 2.45) is 0 Å². The van der Waals surface area contributed by atoms with E-state index in [1.54, 1.807) is 6.33 Å². The molecule has 5 rings (SSSR count). The van der Waals surface area contributed by atoms with Gasteiger partial charge in [0.1, 0.15) is 12.1 Å². The second-order valence-electron chi connectivity index (χ2n) is 11.1. The number of aromatic nitrogens is 5. The highest BCUT2D eigenvalue weighted by Crippen LogP contribution is 2.38. The van der Waals surface area contributed by atoms with E-state index in [4.69, 9.17) is 4.98 Å². The Hall–Kier alpha value is -2.97. The summed E-state index contributed by atoms with van der Waals surface area (Å²) in [5, 5.41) is 4.42. The average molecular weight is 489 g/mol. The molecule has 4 aromatic rings. The van der Waals surface area contributed by atoms with E-state index >= 15 is 0 Å². The molecular formula is C28H40N8. The molecule has 1 saturated heterocycles. The van der Waals surface area contributed by atoms with Gasteiger partial charge in [0.05, 0.1) is 16.7 Å². The normalized spacial score (nSPS) is 19.4. The fourth-order valence-electron chi connectivity index (χ4n) is 5.78. The Labute approximate surface area is 214 Å². The van der Waals surface area contributed by atoms with Gasteiger partial charge in [0.2, 0.25) is 0 Å². The van der Waals surface area contributed by atoms with Crippen molar-refractivity contribution in [1.82, 2.24) is 34.4 Å². The number of hydrogen-bond acceptors (Lipinski definition) is 6. The molecule has 0 saturated carbocycles. The summed E-state index contributed by atoms with van der Waals surface area (Å²) in [6.07, 6.45) is 3.72. The van der Waals surface area contributed by atoms with Gasteiger partial charge in [-0.1, -0.05) is 13.8 Å². The van der Waals surface area contributed by atoms with Gasteiger partial charge in [-0.15, -0.1) is 0 Å². The van der Waals surface area contributed by atoms with Crippen LogP contribution in [0.3, 0.4) is 0 Å². The Balaban J connectivity index is 1.53. The fourth-order valence-corrected chi connectivity index (χ4v) is 5.78. The Morgan fingerprint density at radius 2 is 1.81 bits per heavy atom. The average Bonchev–Trinajstić information content (AvgIpc) is 3.44. The number of nitrogens with one attached hydrogen (secondary N) is 1. The highest BCUT2D eigenvalue weighted by molar-refractivity contribution is 5.90. The van der Waals surface area contributed by atoms with Crippen molar-refractivity contribution in [1.29, 1.82) is 0 Å². The standard InChI is InChI=1S/C28H40N8/c1-17(2)25-26(22-15-36-28(29-16-30-36)21(6)20(22)5)31-23-9-10-24(32-27(23)25)34-13-18(3)35(19(4)14-34)12-11-33(7)8/h9-10,15-19,31H,11-14H2,1-8H3/t18-,19+. The summed E-state index contributed by atoms with van der Waals surface area (Å²) in [4.78, 5) is 20.8. The zero-order chi connectivity index (χ0) is 25.7. The van der Waals surface area contributed by atoms with Crippen LogP contribution in [0.4, 0.5) is 5.82 Å². The predicted octanol–water partition coefficient (Wildman–Crippen LogP) is 4.47. The van der Waals surface area contributed by atoms with E-state index in [1.165, 1.54) is 11.1 Å². The number of nitrogens with zero attached hydrogens (tertiary/aromatic N) is 7. The number of fused-ring (bicyclic) bond motifs is 2. The molecule has 0 radical (unpaired) electrons. The molecule has 0 bridgehead atoms. The molecular weight excluding hydrogens is 448 g/mol. The highest BCUT2D eigenvalue weighted by atomic mass is 15.3. The summed E-state index contributed by atoms with van der Waals surface area (Å²) in [5.41, 5.74) is 9.00. The predicted molar refractivity (Wildman–Crippen MR) is 148 cm³/mol. The molecule has 4 aromatic heterocycles. The van der Waals surface area contributed by atoms with E-state index in [-0.39, 0.29) is 0 Å². The molecule has 8 nitrogen and oxygen atoms in total. The molecule has 36 heavy (non-hydrogen) atoms. The first-order valence-electron chi connectivity index (χ1n) is 13.1. The number of H-pyrrole nitrogens is 1. The van der Waals surface area contributed by atoms with Crippen LogP contribution < -0.4 is 4.90 Å². The van der Waals surface area contributed by atoms with Crippen LogP contribution in [0, 0.1) is 13.8 Å². The van der Waals surface area contributed by atoms with Crippen LogP contribution in [0.5, 0.6) is 0 Å². The van der Waals surface area contributed by atoms with Gasteiger partial charge in [0.15, 0.2) is 5.65 Å². The molecule has 8 heteroatoms. The third-order valence-corrected chi connectivity index (χ3v) is 7.87. The lowest BCUT2D eigenvalue weighted by molar-refractivity contribution is 0.120. The summed E-state index contributed by atoms with van der Waals surface area (Å²) >= 11 is 0. The van der Waals surface area contributed by atoms with Crippen LogP contribution in [-0.4, -0.2) is 86.7 Å². The number of hydrogen-bond donors (Lipinski definition) is 1. The Kier molecular flexibility index (Phi) is 6.51. The van der Waals surface area contributed by atoms with E-state index in [0.29, 0.717) is 18.0 Å². The number of aromatic amines is 1. The van der Waals surface area contributed by atoms with Crippen molar-refractivity contribution >= 4 is 22.5 Å². The van der Waals surface area contributed by atoms with Gasteiger partial charge < -0.3 is 14.8 Å². The van der Waals surface area contributed by atoms with Crippen molar-refractivity contribution in [2.45, 2.75) is 59.5 Å². The van der Waals surface area contributed by atoms with E-state index in [0.717, 1.165) is 65.5 Å². The van der Waals surface area contributed by atoms with Crippen molar-refractivity contribution < 1.29 is 0 Å². The Morgan fingerprint density at radius 1 is 1.08 bits per heavy atom. The quantitative estimate of drug-likeness (QED) is 0.432. The maximum Gasteiger partial charge on any atom is 0.158 e. The van der Waals surface area contributed by atoms with E-state index < -0.39 is 0 Å². The van der Waals surface area contributed by atoms with Crippen molar-refractivity contribution in [2.75, 3.05) is 45.2 Å². The molecule has 5 heterocycles. The third kappa shape index (κ3) is 4.26. The highest BCUT2D eigenvalue weighted by Gasteiger charge is 2.30. The maximum absolute atomic E-state index is 5.27. The first-order valence-corrected chi connectivity index (χ1v) is 13.1. The van der Waals surface area contributed by atoms with Gasteiger partial charge in [0.25, 0.3) is 0 Å². The molecule has 0 unspecified atom stereocenters. The second kappa shape index (κ2) is 9.48. The van der Waals surface area contributed by atoms with Gasteiger partial charge >= 0.3 is 0 Å². The monoisotopic (exact) mass is 488 g/mol. The zero-order valence-electron chi connectivity index (χ0n) is 23.0. The fraction of sp³-hybridized carbons (Fsp3) is 0.536. The number of piperazine rings is 1. The number of rotatable bonds is 6. The van der Waals surface area contributed by atoms with Crippen molar-refractivity contribution in [3.05, 3.63) is 41.3 Å². The van der Waals surface area contributed by atoms with E-state index in [1.807, 2.05) is 4.52 Å². The van der Waals surface area contributed by atoms with Gasteiger partial charge in [-0.25, -0.2) is 14.5 Å². The maximum atomic E-state index is 5.27. The largest absolute Gasteiger partial charge is 0.353 e. The minimum absolute atomic E-state index is 0.323. The Morgan fingerprint density at radius 3 is 2.47 bits per heavy atom. The molecule has 0 aliphatic carbocycles. The molecule has 1 N–H and O–H groups in total. The minimum Gasteiger partial charge on any atom is -0.353 e. The smallest absolute Gasteiger partial charge is 0.158 e. The molecule has 0 aromatic carbocycles. The zero-order valence-corrected chi connectivity index (χ0v) is 23.0. The minimum atomic E-state index is 0.323. The molecule has 2 atom stereocenters. The van der Waals surface area contributed by atoms with Crippen LogP contribution in [-0.2, 0) is 0 Å². The number of anilines is 1. The summed E-state index contributed by atoms with van der Waals surface area (Å²) in [7, 11) is 4.30. The third-order valence-electron chi connectivity index (χ3n) is 7.87. The van der Waals surface area contributed by atoms with Gasteiger partial charge in [0, 0.05) is 55.6 Å². The summed E-state index contributed by atoms with van der Waals surface area (Å²) in [6.45, 7) is 17.7. The molecule has 1 aliphatic heterocycles. The SMILES string of the molecule is Cc1c(-c2[nH]c3ccc(N4C[C@@H](C)N(CCN(C)C)[C@@H](C)C4)nc3c2C(C)C)cn2ncnc2c1C. The molecule has 0 spiro atoms. The van der Waals surface area contributed by atoms with E-state index in [2.05, 4.69) is 104 Å². The van der Waals surface area contributed by atoms with Crippen LogP contribution in [0.15, 0.2) is 24.7 Å². The summed E-state index contributed by atoms with van der Waals surface area (Å²) < 4.78 is 1.88. The lowest BCUT2D eigenvalue weighted by Gasteiger charge is -2.45. The Bertz CT molecular complexity index is 1370. The molecule has 192 valence electrons. The van der Waals surface area contributed by atoms with Gasteiger partial charge in [-0.3, -0.25) is 4.90 Å². The van der Waals surface area contributed by atoms with Crippen LogP contribution in [0.2, 0.25) is 0 Å². The van der Waals surface area contributed by atoms with Crippen molar-refractivity contribution in [3.63, 3.8) is 0 Å². The van der Waals surface area contributed by atoms with Crippen molar-refractivity contribution in [3.8, 4) is 11.3 Å². The first kappa shape index (κ1) is 24.7. The van der Waals surface area contributed by atoms with Gasteiger partial charge in [-0.05, 0) is 71.0 Å². The number of aryl methyl sites for hydroxylation is 1. The van der Waals surface area contributed by atoms with Crippen LogP contribution in [0.25, 0.3) is 27.9 Å². The summed E-state index contributed by atoms with van der Waals surface area (Å²) in [5.74, 6) is 1.39. The molecule has 1 aliphatic rings. The topological polar surface area (TPSA) is 68.6 Å². The number of pyridine rings is 2.